The average Bonchev–Trinajstić information content (AvgIpc) is 3.22. The molecule has 0 aliphatic carbocycles. The van der Waals surface area contributed by atoms with Crippen LogP contribution in [0, 0.1) is 6.92 Å². The molecule has 0 unspecified atom stereocenters. The van der Waals surface area contributed by atoms with Gasteiger partial charge in [0.15, 0.2) is 11.5 Å². The van der Waals surface area contributed by atoms with E-state index in [0.29, 0.717) is 19.6 Å². The number of benzene rings is 1. The summed E-state index contributed by atoms with van der Waals surface area (Å²) >= 11 is 0. The van der Waals surface area contributed by atoms with Gasteiger partial charge < -0.3 is 24.1 Å². The van der Waals surface area contributed by atoms with Crippen molar-refractivity contribution in [2.24, 2.45) is 0 Å². The summed E-state index contributed by atoms with van der Waals surface area (Å²) in [6.45, 7) is 5.79. The summed E-state index contributed by atoms with van der Waals surface area (Å²) in [5, 5.41) is 2.97. The van der Waals surface area contributed by atoms with Crippen molar-refractivity contribution in [2.75, 3.05) is 13.3 Å². The Labute approximate surface area is 147 Å². The molecule has 1 aromatic carbocycles. The first-order chi connectivity index (χ1) is 12.2. The lowest BCUT2D eigenvalue weighted by Gasteiger charge is -2.22. The number of amides is 2. The van der Waals surface area contributed by atoms with E-state index in [-0.39, 0.29) is 12.8 Å². The third kappa shape index (κ3) is 4.47. The van der Waals surface area contributed by atoms with E-state index in [9.17, 15) is 4.79 Å². The predicted molar refractivity (Wildman–Crippen MR) is 93.6 cm³/mol. The first-order valence-corrected chi connectivity index (χ1v) is 8.62. The van der Waals surface area contributed by atoms with Gasteiger partial charge >= 0.3 is 6.03 Å². The zero-order chi connectivity index (χ0) is 17.6. The first-order valence-electron chi connectivity index (χ1n) is 8.62. The molecule has 1 N–H and O–H groups in total. The number of carbonyl (C=O) groups is 1. The van der Waals surface area contributed by atoms with E-state index in [0.717, 1.165) is 41.4 Å². The maximum absolute atomic E-state index is 12.6. The van der Waals surface area contributed by atoms with E-state index >= 15 is 0 Å². The van der Waals surface area contributed by atoms with Crippen LogP contribution in [-0.2, 0) is 13.1 Å². The topological polar surface area (TPSA) is 63.9 Å². The molecule has 1 aromatic heterocycles. The quantitative estimate of drug-likeness (QED) is 0.776. The van der Waals surface area contributed by atoms with Gasteiger partial charge in [-0.15, -0.1) is 0 Å². The summed E-state index contributed by atoms with van der Waals surface area (Å²) in [7, 11) is 0. The molecule has 1 aliphatic rings. The summed E-state index contributed by atoms with van der Waals surface area (Å²) < 4.78 is 16.4. The fourth-order valence-electron chi connectivity index (χ4n) is 2.70. The molecule has 1 aliphatic heterocycles. The number of carbonyl (C=O) groups excluding carboxylic acids is 1. The van der Waals surface area contributed by atoms with Crippen LogP contribution in [0.5, 0.6) is 11.5 Å². The highest BCUT2D eigenvalue weighted by atomic mass is 16.7. The maximum Gasteiger partial charge on any atom is 0.318 e. The largest absolute Gasteiger partial charge is 0.464 e. The number of aryl methyl sites for hydroxylation is 1. The van der Waals surface area contributed by atoms with Gasteiger partial charge in [0.2, 0.25) is 6.79 Å². The molecule has 2 aromatic rings. The Balaban J connectivity index is 1.71. The number of ether oxygens (including phenoxy) is 2. The molecule has 0 fully saturated rings. The molecule has 0 atom stereocenters. The van der Waals surface area contributed by atoms with Crippen LogP contribution in [0.25, 0.3) is 0 Å². The van der Waals surface area contributed by atoms with E-state index in [1.807, 2.05) is 37.3 Å². The Hall–Kier alpha value is -2.63. The van der Waals surface area contributed by atoms with Gasteiger partial charge in [0.25, 0.3) is 0 Å². The van der Waals surface area contributed by atoms with Crippen molar-refractivity contribution in [3.63, 3.8) is 0 Å². The molecular formula is C19H24N2O4. The van der Waals surface area contributed by atoms with Crippen molar-refractivity contribution >= 4 is 6.03 Å². The molecule has 0 bridgehead atoms. The number of fused-ring (bicyclic) bond motifs is 1. The normalized spacial score (nSPS) is 12.2. The highest BCUT2D eigenvalue weighted by Gasteiger charge is 2.18. The molecular weight excluding hydrogens is 320 g/mol. The van der Waals surface area contributed by atoms with Crippen LogP contribution in [0.15, 0.2) is 34.7 Å². The maximum atomic E-state index is 12.6. The SMILES string of the molecule is CCCCNC(=O)N(Cc1ccc2c(c1)OCO2)Cc1ccc(C)o1. The fourth-order valence-corrected chi connectivity index (χ4v) is 2.70. The Morgan fingerprint density at radius 3 is 2.76 bits per heavy atom. The second kappa shape index (κ2) is 7.96. The highest BCUT2D eigenvalue weighted by molar-refractivity contribution is 5.74. The lowest BCUT2D eigenvalue weighted by Crippen LogP contribution is -2.39. The molecule has 0 saturated heterocycles. The standard InChI is InChI=1S/C19H24N2O4/c1-3-4-9-20-19(22)21(12-16-7-5-14(2)25-16)11-15-6-8-17-18(10-15)24-13-23-17/h5-8,10H,3-4,9,11-13H2,1-2H3,(H,20,22). The van der Waals surface area contributed by atoms with E-state index in [4.69, 9.17) is 13.9 Å². The number of rotatable bonds is 7. The van der Waals surface area contributed by atoms with Crippen LogP contribution in [0.3, 0.4) is 0 Å². The molecule has 3 rings (SSSR count). The number of hydrogen-bond acceptors (Lipinski definition) is 4. The molecule has 2 amide bonds. The van der Waals surface area contributed by atoms with E-state index in [1.165, 1.54) is 0 Å². The number of hydrogen-bond donors (Lipinski definition) is 1. The van der Waals surface area contributed by atoms with Gasteiger partial charge in [-0.05, 0) is 43.2 Å². The van der Waals surface area contributed by atoms with Gasteiger partial charge in [-0.3, -0.25) is 0 Å². The molecule has 6 nitrogen and oxygen atoms in total. The van der Waals surface area contributed by atoms with Gasteiger partial charge in [-0.2, -0.15) is 0 Å². The Kier molecular flexibility index (Phi) is 5.48. The zero-order valence-electron chi connectivity index (χ0n) is 14.7. The summed E-state index contributed by atoms with van der Waals surface area (Å²) in [4.78, 5) is 14.3. The zero-order valence-corrected chi connectivity index (χ0v) is 14.7. The van der Waals surface area contributed by atoms with Crippen molar-refractivity contribution in [2.45, 2.75) is 39.8 Å². The number of furan rings is 1. The minimum Gasteiger partial charge on any atom is -0.464 e. The van der Waals surface area contributed by atoms with Crippen LogP contribution in [0.2, 0.25) is 0 Å². The Morgan fingerprint density at radius 2 is 2.00 bits per heavy atom. The Morgan fingerprint density at radius 1 is 1.16 bits per heavy atom. The molecule has 0 saturated carbocycles. The van der Waals surface area contributed by atoms with Crippen LogP contribution < -0.4 is 14.8 Å². The van der Waals surface area contributed by atoms with Crippen molar-refractivity contribution in [1.29, 1.82) is 0 Å². The summed E-state index contributed by atoms with van der Waals surface area (Å²) in [6.07, 6.45) is 2.00. The van der Waals surface area contributed by atoms with E-state index < -0.39 is 0 Å². The monoisotopic (exact) mass is 344 g/mol. The third-order valence-corrected chi connectivity index (χ3v) is 4.05. The fraction of sp³-hybridized carbons (Fsp3) is 0.421. The number of nitrogens with one attached hydrogen (secondary N) is 1. The van der Waals surface area contributed by atoms with Crippen molar-refractivity contribution < 1.29 is 18.7 Å². The summed E-state index contributed by atoms with van der Waals surface area (Å²) in [6, 6.07) is 9.46. The van der Waals surface area contributed by atoms with Crippen LogP contribution >= 0.6 is 0 Å². The molecule has 134 valence electrons. The molecule has 2 heterocycles. The van der Waals surface area contributed by atoms with Gasteiger partial charge in [-0.1, -0.05) is 19.4 Å². The number of unbranched alkanes of at least 4 members (excludes halogenated alkanes) is 1. The van der Waals surface area contributed by atoms with Gasteiger partial charge in [0.1, 0.15) is 11.5 Å². The molecule has 0 spiro atoms. The minimum absolute atomic E-state index is 0.0971. The van der Waals surface area contributed by atoms with Crippen molar-refractivity contribution in [1.82, 2.24) is 10.2 Å². The van der Waals surface area contributed by atoms with Crippen molar-refractivity contribution in [3.05, 3.63) is 47.4 Å². The lowest BCUT2D eigenvalue weighted by molar-refractivity contribution is 0.173. The van der Waals surface area contributed by atoms with Crippen LogP contribution in [-0.4, -0.2) is 24.3 Å². The van der Waals surface area contributed by atoms with Crippen LogP contribution in [0.4, 0.5) is 4.79 Å². The summed E-state index contributed by atoms with van der Waals surface area (Å²) in [5.41, 5.74) is 0.984. The van der Waals surface area contributed by atoms with E-state index in [1.54, 1.807) is 4.90 Å². The number of urea groups is 1. The second-order valence-electron chi connectivity index (χ2n) is 6.14. The van der Waals surface area contributed by atoms with Crippen LogP contribution in [0.1, 0.15) is 36.8 Å². The molecule has 6 heteroatoms. The second-order valence-corrected chi connectivity index (χ2v) is 6.14. The first kappa shape index (κ1) is 17.2. The van der Waals surface area contributed by atoms with Crippen molar-refractivity contribution in [3.8, 4) is 11.5 Å². The van der Waals surface area contributed by atoms with Gasteiger partial charge in [0.05, 0.1) is 6.54 Å². The summed E-state index contributed by atoms with van der Waals surface area (Å²) in [5.74, 6) is 3.07. The smallest absolute Gasteiger partial charge is 0.318 e. The predicted octanol–water partition coefficient (Wildman–Crippen LogP) is 3.83. The third-order valence-electron chi connectivity index (χ3n) is 4.05. The van der Waals surface area contributed by atoms with Gasteiger partial charge in [0, 0.05) is 13.1 Å². The van der Waals surface area contributed by atoms with E-state index in [2.05, 4.69) is 12.2 Å². The van der Waals surface area contributed by atoms with Gasteiger partial charge in [-0.25, -0.2) is 4.79 Å². The molecule has 25 heavy (non-hydrogen) atoms. The minimum atomic E-state index is -0.0971. The lowest BCUT2D eigenvalue weighted by atomic mass is 10.2. The molecule has 0 radical (unpaired) electrons. The Bertz CT molecular complexity index is 726. The number of nitrogens with zero attached hydrogens (tertiary/aromatic N) is 1. The average molecular weight is 344 g/mol. The highest BCUT2D eigenvalue weighted by Crippen LogP contribution is 2.32.